The first kappa shape index (κ1) is 14.0. The monoisotopic (exact) mass is 267 g/mol. The molecule has 0 saturated carbocycles. The van der Waals surface area contributed by atoms with Gasteiger partial charge in [-0.15, -0.1) is 0 Å². The van der Waals surface area contributed by atoms with Crippen LogP contribution in [0, 0.1) is 0 Å². The van der Waals surface area contributed by atoms with Crippen molar-refractivity contribution in [3.63, 3.8) is 0 Å². The van der Waals surface area contributed by atoms with E-state index in [1.807, 2.05) is 0 Å². The molecule has 0 aliphatic rings. The van der Waals surface area contributed by atoms with Crippen molar-refractivity contribution in [3.05, 3.63) is 32.6 Å². The molecule has 0 spiro atoms. The Labute approximate surface area is 96.7 Å². The summed E-state index contributed by atoms with van der Waals surface area (Å²) in [4.78, 5) is 34.0. The first-order valence-corrected chi connectivity index (χ1v) is 4.52. The molecule has 4 N–H and O–H groups in total. The number of carboxylic acid groups (broad SMARTS) is 1. The molecule has 0 amide bonds. The van der Waals surface area contributed by atoms with Crippen LogP contribution >= 0.6 is 0 Å². The summed E-state index contributed by atoms with van der Waals surface area (Å²) in [5, 5.41) is 8.48. The lowest BCUT2D eigenvalue weighted by atomic mass is 10.3. The summed E-state index contributed by atoms with van der Waals surface area (Å²) < 4.78 is 37.5. The fraction of sp³-hybridized carbons (Fsp3) is 0.375. The van der Waals surface area contributed by atoms with Gasteiger partial charge in [-0.05, 0) is 0 Å². The molecular weight excluding hydrogens is 259 g/mol. The number of halogens is 3. The zero-order chi connectivity index (χ0) is 14.1. The number of H-pyrrole nitrogens is 1. The average molecular weight is 267 g/mol. The highest BCUT2D eigenvalue weighted by Crippen LogP contribution is 2.25. The highest BCUT2D eigenvalue weighted by molar-refractivity contribution is 5.72. The van der Waals surface area contributed by atoms with Crippen LogP contribution in [0.4, 0.5) is 13.2 Å². The van der Waals surface area contributed by atoms with Crippen LogP contribution in [0.25, 0.3) is 0 Å². The van der Waals surface area contributed by atoms with E-state index in [1.165, 1.54) is 4.98 Å². The number of carbonyl (C=O) groups is 1. The third-order valence-corrected chi connectivity index (χ3v) is 2.03. The number of nitrogens with two attached hydrogens (primary N) is 1. The largest absolute Gasteiger partial charge is 0.480 e. The zero-order valence-electron chi connectivity index (χ0n) is 8.69. The molecule has 1 aromatic heterocycles. The van der Waals surface area contributed by atoms with Gasteiger partial charge in [-0.1, -0.05) is 0 Å². The van der Waals surface area contributed by atoms with Crippen molar-refractivity contribution in [2.75, 3.05) is 0 Å². The van der Waals surface area contributed by atoms with Gasteiger partial charge in [0, 0.05) is 6.20 Å². The van der Waals surface area contributed by atoms with Crippen molar-refractivity contribution in [1.82, 2.24) is 9.55 Å². The van der Waals surface area contributed by atoms with E-state index in [2.05, 4.69) is 0 Å². The van der Waals surface area contributed by atoms with Crippen molar-refractivity contribution in [2.45, 2.75) is 18.8 Å². The number of carboxylic acids is 1. The van der Waals surface area contributed by atoms with Crippen molar-refractivity contribution >= 4 is 5.97 Å². The van der Waals surface area contributed by atoms with E-state index in [4.69, 9.17) is 10.8 Å². The van der Waals surface area contributed by atoms with E-state index in [1.54, 1.807) is 0 Å². The van der Waals surface area contributed by atoms with Crippen molar-refractivity contribution in [1.29, 1.82) is 0 Å². The average Bonchev–Trinajstić information content (AvgIpc) is 2.19. The summed E-state index contributed by atoms with van der Waals surface area (Å²) in [5.41, 5.74) is 0.732. The maximum absolute atomic E-state index is 12.4. The standard InChI is InChI=1S/C8H8F3N3O4/c9-8(10,11)3-1-14(2-4(12)6(16)17)7(18)13-5(3)15/h1,4H,2,12H2,(H,16,17)(H,13,15,18)/t4-/m1/s1. The molecule has 0 aliphatic heterocycles. The molecule has 100 valence electrons. The van der Waals surface area contributed by atoms with E-state index >= 15 is 0 Å². The Morgan fingerprint density at radius 2 is 2.06 bits per heavy atom. The van der Waals surface area contributed by atoms with Crippen LogP contribution in [0.2, 0.25) is 0 Å². The normalized spacial score (nSPS) is 13.3. The van der Waals surface area contributed by atoms with Gasteiger partial charge in [-0.2, -0.15) is 13.2 Å². The Morgan fingerprint density at radius 3 is 2.50 bits per heavy atom. The smallest absolute Gasteiger partial charge is 0.423 e. The first-order valence-electron chi connectivity index (χ1n) is 4.52. The fourth-order valence-electron chi connectivity index (χ4n) is 1.14. The van der Waals surface area contributed by atoms with Crippen LogP contribution in [0.15, 0.2) is 15.8 Å². The van der Waals surface area contributed by atoms with Crippen LogP contribution in [-0.4, -0.2) is 26.7 Å². The second kappa shape index (κ2) is 4.64. The third kappa shape index (κ3) is 2.97. The van der Waals surface area contributed by atoms with Gasteiger partial charge in [0.25, 0.3) is 5.56 Å². The summed E-state index contributed by atoms with van der Waals surface area (Å²) in [6.07, 6.45) is -4.71. The SMILES string of the molecule is N[C@H](Cn1cc(C(F)(F)F)c(=O)[nH]c1=O)C(=O)O. The molecule has 1 atom stereocenters. The second-order valence-electron chi connectivity index (χ2n) is 3.40. The quantitative estimate of drug-likeness (QED) is 0.647. The summed E-state index contributed by atoms with van der Waals surface area (Å²) >= 11 is 0. The van der Waals surface area contributed by atoms with Gasteiger partial charge in [0.15, 0.2) is 0 Å². The van der Waals surface area contributed by atoms with E-state index < -0.39 is 41.5 Å². The molecule has 1 heterocycles. The van der Waals surface area contributed by atoms with Gasteiger partial charge in [0.2, 0.25) is 0 Å². The number of rotatable bonds is 3. The van der Waals surface area contributed by atoms with Gasteiger partial charge >= 0.3 is 17.8 Å². The number of aromatic amines is 1. The van der Waals surface area contributed by atoms with Crippen LogP contribution in [0.1, 0.15) is 5.56 Å². The first-order chi connectivity index (χ1) is 8.12. The second-order valence-corrected chi connectivity index (χ2v) is 3.40. The maximum atomic E-state index is 12.4. The lowest BCUT2D eigenvalue weighted by molar-refractivity contribution is -0.139. The Bertz CT molecular complexity index is 574. The van der Waals surface area contributed by atoms with Gasteiger partial charge in [-0.25, -0.2) is 4.79 Å². The van der Waals surface area contributed by atoms with Crippen molar-refractivity contribution in [2.24, 2.45) is 5.73 Å². The number of hydrogen-bond donors (Lipinski definition) is 3. The maximum Gasteiger partial charge on any atom is 0.423 e. The van der Waals surface area contributed by atoms with Gasteiger partial charge < -0.3 is 10.8 Å². The Kier molecular flexibility index (Phi) is 3.60. The van der Waals surface area contributed by atoms with Crippen LogP contribution in [0.5, 0.6) is 0 Å². The van der Waals surface area contributed by atoms with Crippen LogP contribution in [0.3, 0.4) is 0 Å². The lowest BCUT2D eigenvalue weighted by Crippen LogP contribution is -2.41. The van der Waals surface area contributed by atoms with Crippen molar-refractivity contribution < 1.29 is 23.1 Å². The summed E-state index contributed by atoms with van der Waals surface area (Å²) in [6.45, 7) is -0.686. The zero-order valence-corrected chi connectivity index (χ0v) is 8.69. The van der Waals surface area contributed by atoms with E-state index in [-0.39, 0.29) is 6.20 Å². The Balaban J connectivity index is 3.26. The van der Waals surface area contributed by atoms with Crippen LogP contribution < -0.4 is 17.0 Å². The minimum atomic E-state index is -4.95. The van der Waals surface area contributed by atoms with Crippen molar-refractivity contribution in [3.8, 4) is 0 Å². The topological polar surface area (TPSA) is 118 Å². The molecular formula is C8H8F3N3O4. The minimum Gasteiger partial charge on any atom is -0.480 e. The molecule has 0 saturated heterocycles. The molecule has 0 bridgehead atoms. The summed E-state index contributed by atoms with van der Waals surface area (Å²) in [6, 6.07) is -1.56. The summed E-state index contributed by atoms with van der Waals surface area (Å²) in [7, 11) is 0. The van der Waals surface area contributed by atoms with E-state index in [9.17, 15) is 27.6 Å². The van der Waals surface area contributed by atoms with Gasteiger partial charge in [0.05, 0.1) is 6.54 Å². The Morgan fingerprint density at radius 1 is 1.50 bits per heavy atom. The van der Waals surface area contributed by atoms with E-state index in [0.29, 0.717) is 4.57 Å². The molecule has 7 nitrogen and oxygen atoms in total. The predicted octanol–water partition coefficient (Wildman–Crippen LogP) is -1.03. The molecule has 10 heteroatoms. The molecule has 0 fully saturated rings. The van der Waals surface area contributed by atoms with E-state index in [0.717, 1.165) is 0 Å². The third-order valence-electron chi connectivity index (χ3n) is 2.03. The number of aromatic nitrogens is 2. The highest BCUT2D eigenvalue weighted by Gasteiger charge is 2.35. The molecule has 0 aliphatic carbocycles. The molecule has 18 heavy (non-hydrogen) atoms. The van der Waals surface area contributed by atoms with Gasteiger partial charge in [-0.3, -0.25) is 19.1 Å². The Hall–Kier alpha value is -2.10. The number of nitrogens with zero attached hydrogens (tertiary/aromatic N) is 1. The van der Waals surface area contributed by atoms with Crippen LogP contribution in [-0.2, 0) is 17.5 Å². The lowest BCUT2D eigenvalue weighted by Gasteiger charge is -2.11. The number of nitrogens with one attached hydrogen (secondary N) is 1. The highest BCUT2D eigenvalue weighted by atomic mass is 19.4. The molecule has 0 unspecified atom stereocenters. The van der Waals surface area contributed by atoms with Gasteiger partial charge in [0.1, 0.15) is 11.6 Å². The molecule has 0 radical (unpaired) electrons. The molecule has 0 aromatic carbocycles. The molecule has 1 aromatic rings. The predicted molar refractivity (Wildman–Crippen MR) is 51.9 cm³/mol. The summed E-state index contributed by atoms with van der Waals surface area (Å²) in [5.74, 6) is -1.48. The number of aliphatic carboxylic acids is 1. The number of alkyl halides is 3. The minimum absolute atomic E-state index is 0.240. The number of hydrogen-bond acceptors (Lipinski definition) is 4. The molecule has 1 rings (SSSR count). The fourth-order valence-corrected chi connectivity index (χ4v) is 1.14.